The van der Waals surface area contributed by atoms with E-state index in [0.29, 0.717) is 48.2 Å². The monoisotopic (exact) mass is 475 g/mol. The van der Waals surface area contributed by atoms with E-state index in [1.54, 1.807) is 58.0 Å². The molecule has 170 valence electrons. The van der Waals surface area contributed by atoms with Crippen molar-refractivity contribution in [3.63, 3.8) is 0 Å². The first-order valence-corrected chi connectivity index (χ1v) is 12.3. The minimum Gasteiger partial charge on any atom is -0.366 e. The molecule has 2 aliphatic rings. The van der Waals surface area contributed by atoms with Crippen LogP contribution in [0.2, 0.25) is 5.02 Å². The second-order valence-corrected chi connectivity index (χ2v) is 10.00. The molecule has 2 heterocycles. The molecule has 0 spiro atoms. The first-order valence-electron chi connectivity index (χ1n) is 10.9. The number of thioether (sulfide) groups is 1. The van der Waals surface area contributed by atoms with Crippen molar-refractivity contribution in [3.05, 3.63) is 64.9 Å². The van der Waals surface area contributed by atoms with Crippen LogP contribution in [0.3, 0.4) is 0 Å². The average Bonchev–Trinajstić information content (AvgIpc) is 3.24. The number of rotatable bonds is 4. The number of benzene rings is 2. The maximum Gasteiger partial charge on any atom is 0.256 e. The van der Waals surface area contributed by atoms with Crippen molar-refractivity contribution in [2.45, 2.75) is 25.3 Å². The molecule has 5 nitrogen and oxygen atoms in total. The van der Waals surface area contributed by atoms with Crippen LogP contribution in [0.1, 0.15) is 24.2 Å². The smallest absolute Gasteiger partial charge is 0.256 e. The summed E-state index contributed by atoms with van der Waals surface area (Å²) in [6, 6.07) is 13.1. The second-order valence-electron chi connectivity index (χ2n) is 8.44. The summed E-state index contributed by atoms with van der Waals surface area (Å²) < 4.78 is 14.1. The lowest BCUT2D eigenvalue weighted by atomic mass is 10.1. The zero-order valence-corrected chi connectivity index (χ0v) is 19.8. The van der Waals surface area contributed by atoms with E-state index in [0.717, 1.165) is 0 Å². The van der Waals surface area contributed by atoms with Crippen LogP contribution in [-0.2, 0) is 4.79 Å². The van der Waals surface area contributed by atoms with Gasteiger partial charge in [-0.05, 0) is 30.2 Å². The third-order valence-corrected chi connectivity index (χ3v) is 7.96. The van der Waals surface area contributed by atoms with Gasteiger partial charge in [-0.2, -0.15) is 0 Å². The minimum absolute atomic E-state index is 0.0470. The molecule has 0 bridgehead atoms. The lowest BCUT2D eigenvalue weighted by Crippen LogP contribution is -2.56. The standard InChI is InChI=1S/C24H27ClFN3O2S/c1-16(2)24-29(22(30)17-7-3-4-8-18(17)25)21(15-32-24)23(31)28-13-11-27(12-14-28)20-10-6-5-9-19(20)26/h3-10,16,21,24H,11-15H2,1-2H3. The summed E-state index contributed by atoms with van der Waals surface area (Å²) in [6.07, 6.45) is 0. The van der Waals surface area contributed by atoms with E-state index in [2.05, 4.69) is 13.8 Å². The Kier molecular flexibility index (Phi) is 6.96. The quantitative estimate of drug-likeness (QED) is 0.658. The van der Waals surface area contributed by atoms with Gasteiger partial charge in [0.2, 0.25) is 5.91 Å². The van der Waals surface area contributed by atoms with Crippen LogP contribution in [0.15, 0.2) is 48.5 Å². The number of anilines is 1. The zero-order chi connectivity index (χ0) is 22.8. The van der Waals surface area contributed by atoms with Crippen LogP contribution in [0.4, 0.5) is 10.1 Å². The summed E-state index contributed by atoms with van der Waals surface area (Å²) in [4.78, 5) is 32.5. The van der Waals surface area contributed by atoms with Crippen LogP contribution >= 0.6 is 23.4 Å². The van der Waals surface area contributed by atoms with Gasteiger partial charge in [0, 0.05) is 31.9 Å². The highest BCUT2D eigenvalue weighted by Gasteiger charge is 2.45. The molecule has 0 aliphatic carbocycles. The predicted molar refractivity (Wildman–Crippen MR) is 128 cm³/mol. The number of carbonyl (C=O) groups excluding carboxylic acids is 2. The van der Waals surface area contributed by atoms with Crippen LogP contribution in [-0.4, -0.2) is 65.0 Å². The molecule has 0 saturated carbocycles. The third-order valence-electron chi connectivity index (χ3n) is 6.01. The Morgan fingerprint density at radius 3 is 2.34 bits per heavy atom. The molecular weight excluding hydrogens is 449 g/mol. The second kappa shape index (κ2) is 9.71. The number of para-hydroxylation sites is 1. The highest BCUT2D eigenvalue weighted by atomic mass is 35.5. The van der Waals surface area contributed by atoms with E-state index >= 15 is 0 Å². The van der Waals surface area contributed by atoms with Crippen LogP contribution in [0.5, 0.6) is 0 Å². The van der Waals surface area contributed by atoms with Crippen molar-refractivity contribution < 1.29 is 14.0 Å². The zero-order valence-electron chi connectivity index (χ0n) is 18.2. The molecule has 0 radical (unpaired) electrons. The molecule has 8 heteroatoms. The van der Waals surface area contributed by atoms with Crippen molar-refractivity contribution in [1.29, 1.82) is 0 Å². The Labute approximate surface area is 197 Å². The van der Waals surface area contributed by atoms with Gasteiger partial charge in [-0.25, -0.2) is 4.39 Å². The number of amides is 2. The SMILES string of the molecule is CC(C)C1SCC(C(=O)N2CCN(c3ccccc3F)CC2)N1C(=O)c1ccccc1Cl. The number of carbonyl (C=O) groups is 2. The van der Waals surface area contributed by atoms with Gasteiger partial charge in [0.15, 0.2) is 0 Å². The summed E-state index contributed by atoms with van der Waals surface area (Å²) in [7, 11) is 0. The van der Waals surface area contributed by atoms with Gasteiger partial charge in [0.05, 0.1) is 21.6 Å². The molecule has 32 heavy (non-hydrogen) atoms. The highest BCUT2D eigenvalue weighted by Crippen LogP contribution is 2.37. The number of nitrogens with zero attached hydrogens (tertiary/aromatic N) is 3. The molecule has 2 fully saturated rings. The molecule has 2 aromatic rings. The van der Waals surface area contributed by atoms with Gasteiger partial charge in [0.1, 0.15) is 11.9 Å². The van der Waals surface area contributed by atoms with E-state index in [1.165, 1.54) is 6.07 Å². The fraction of sp³-hybridized carbons (Fsp3) is 0.417. The summed E-state index contributed by atoms with van der Waals surface area (Å²) in [5, 5.41) is 0.300. The van der Waals surface area contributed by atoms with Gasteiger partial charge < -0.3 is 14.7 Å². The predicted octanol–water partition coefficient (Wildman–Crippen LogP) is 4.37. The van der Waals surface area contributed by atoms with Crippen molar-refractivity contribution in [2.75, 3.05) is 36.8 Å². The lowest BCUT2D eigenvalue weighted by Gasteiger charge is -2.39. The van der Waals surface area contributed by atoms with E-state index in [1.807, 2.05) is 11.0 Å². The molecule has 2 aromatic carbocycles. The number of hydrogen-bond acceptors (Lipinski definition) is 4. The molecular formula is C24H27ClFN3O2S. The molecule has 0 aromatic heterocycles. The van der Waals surface area contributed by atoms with E-state index in [9.17, 15) is 14.0 Å². The van der Waals surface area contributed by atoms with Gasteiger partial charge in [0.25, 0.3) is 5.91 Å². The first-order chi connectivity index (χ1) is 15.4. The Hall–Kier alpha value is -2.25. The maximum atomic E-state index is 14.1. The molecule has 2 aliphatic heterocycles. The fourth-order valence-corrected chi connectivity index (χ4v) is 6.04. The largest absolute Gasteiger partial charge is 0.366 e. The number of hydrogen-bond donors (Lipinski definition) is 0. The Morgan fingerprint density at radius 2 is 1.69 bits per heavy atom. The van der Waals surface area contributed by atoms with Crippen molar-refractivity contribution in [2.24, 2.45) is 5.92 Å². The normalized spacial score (nSPS) is 21.3. The average molecular weight is 476 g/mol. The third kappa shape index (κ3) is 4.46. The molecule has 2 saturated heterocycles. The topological polar surface area (TPSA) is 43.9 Å². The van der Waals surface area contributed by atoms with E-state index in [-0.39, 0.29) is 28.9 Å². The number of halogens is 2. The molecule has 4 rings (SSSR count). The summed E-state index contributed by atoms with van der Waals surface area (Å²) in [6.45, 7) is 6.22. The van der Waals surface area contributed by atoms with Gasteiger partial charge >= 0.3 is 0 Å². The molecule has 2 amide bonds. The fourth-order valence-electron chi connectivity index (χ4n) is 4.35. The molecule has 0 N–H and O–H groups in total. The summed E-state index contributed by atoms with van der Waals surface area (Å²) in [5.41, 5.74) is 0.982. The van der Waals surface area contributed by atoms with Crippen molar-refractivity contribution in [3.8, 4) is 0 Å². The van der Waals surface area contributed by atoms with Crippen molar-refractivity contribution in [1.82, 2.24) is 9.80 Å². The van der Waals surface area contributed by atoms with Crippen LogP contribution in [0, 0.1) is 11.7 Å². The summed E-state index contributed by atoms with van der Waals surface area (Å²) in [5.74, 6) is 0.251. The van der Waals surface area contributed by atoms with Crippen LogP contribution < -0.4 is 4.90 Å². The molecule has 2 atom stereocenters. The minimum atomic E-state index is -0.531. The van der Waals surface area contributed by atoms with Crippen LogP contribution in [0.25, 0.3) is 0 Å². The highest BCUT2D eigenvalue weighted by molar-refractivity contribution is 8.00. The first kappa shape index (κ1) is 22.9. The summed E-state index contributed by atoms with van der Waals surface area (Å²) >= 11 is 7.94. The van der Waals surface area contributed by atoms with Gasteiger partial charge in [-0.15, -0.1) is 11.8 Å². The Bertz CT molecular complexity index is 997. The van der Waals surface area contributed by atoms with E-state index in [4.69, 9.17) is 11.6 Å². The Morgan fingerprint density at radius 1 is 1.03 bits per heavy atom. The maximum absolute atomic E-state index is 14.1. The molecule has 2 unspecified atom stereocenters. The van der Waals surface area contributed by atoms with Gasteiger partial charge in [-0.3, -0.25) is 9.59 Å². The lowest BCUT2D eigenvalue weighted by molar-refractivity contribution is -0.135. The number of piperazine rings is 1. The van der Waals surface area contributed by atoms with Gasteiger partial charge in [-0.1, -0.05) is 49.7 Å². The van der Waals surface area contributed by atoms with Crippen molar-refractivity contribution >= 4 is 40.9 Å². The Balaban J connectivity index is 1.50. The van der Waals surface area contributed by atoms with E-state index < -0.39 is 6.04 Å².